The number of anilines is 1. The van der Waals surface area contributed by atoms with Crippen molar-refractivity contribution in [3.63, 3.8) is 0 Å². The van der Waals surface area contributed by atoms with Crippen molar-refractivity contribution < 1.29 is 14.3 Å². The summed E-state index contributed by atoms with van der Waals surface area (Å²) in [5.74, 6) is 0.952. The third-order valence-electron chi connectivity index (χ3n) is 2.37. The molecule has 0 aliphatic carbocycles. The predicted octanol–water partition coefficient (Wildman–Crippen LogP) is 2.40. The van der Waals surface area contributed by atoms with Crippen LogP contribution in [0.1, 0.15) is 0 Å². The standard InChI is InChI=1S/C14H13N3O3/c1-3-13(18)17-10-5-4-6-11(7-10)20-14-12(19-2)8-15-9-16-14/h3-9H,1H2,2H3,(H,17,18). The molecule has 0 spiro atoms. The van der Waals surface area contributed by atoms with Crippen molar-refractivity contribution in [2.24, 2.45) is 0 Å². The Hall–Kier alpha value is -2.89. The lowest BCUT2D eigenvalue weighted by Crippen LogP contribution is -2.07. The zero-order valence-corrected chi connectivity index (χ0v) is 10.9. The number of amides is 1. The lowest BCUT2D eigenvalue weighted by molar-refractivity contribution is -0.111. The molecule has 20 heavy (non-hydrogen) atoms. The van der Waals surface area contributed by atoms with Gasteiger partial charge in [0.15, 0.2) is 5.75 Å². The molecule has 0 saturated heterocycles. The molecular weight excluding hydrogens is 258 g/mol. The number of rotatable bonds is 5. The number of hydrogen-bond acceptors (Lipinski definition) is 5. The summed E-state index contributed by atoms with van der Waals surface area (Å²) in [6.07, 6.45) is 4.06. The van der Waals surface area contributed by atoms with Crippen molar-refractivity contribution in [1.82, 2.24) is 9.97 Å². The smallest absolute Gasteiger partial charge is 0.265 e. The topological polar surface area (TPSA) is 73.3 Å². The van der Waals surface area contributed by atoms with Crippen molar-refractivity contribution >= 4 is 11.6 Å². The van der Waals surface area contributed by atoms with Gasteiger partial charge in [-0.05, 0) is 18.2 Å². The molecule has 102 valence electrons. The summed E-state index contributed by atoms with van der Waals surface area (Å²) in [6.45, 7) is 3.39. The first-order valence-electron chi connectivity index (χ1n) is 5.78. The molecule has 0 aliphatic rings. The van der Waals surface area contributed by atoms with Crippen LogP contribution in [0.4, 0.5) is 5.69 Å². The second-order valence-corrected chi connectivity index (χ2v) is 3.72. The monoisotopic (exact) mass is 271 g/mol. The van der Waals surface area contributed by atoms with Crippen LogP contribution >= 0.6 is 0 Å². The minimum atomic E-state index is -0.290. The molecule has 0 saturated carbocycles. The molecule has 1 heterocycles. The molecule has 1 aromatic carbocycles. The molecule has 6 heteroatoms. The number of aromatic nitrogens is 2. The zero-order chi connectivity index (χ0) is 14.4. The summed E-state index contributed by atoms with van der Waals surface area (Å²) in [4.78, 5) is 19.1. The minimum absolute atomic E-state index is 0.290. The van der Waals surface area contributed by atoms with Gasteiger partial charge in [0.25, 0.3) is 5.88 Å². The SMILES string of the molecule is C=CC(=O)Nc1cccc(Oc2ncncc2OC)c1. The summed E-state index contributed by atoms with van der Waals surface area (Å²) >= 11 is 0. The lowest BCUT2D eigenvalue weighted by Gasteiger charge is -2.09. The molecule has 0 atom stereocenters. The quantitative estimate of drug-likeness (QED) is 0.845. The molecule has 0 radical (unpaired) electrons. The molecule has 0 fully saturated rings. The van der Waals surface area contributed by atoms with E-state index in [1.54, 1.807) is 24.3 Å². The second-order valence-electron chi connectivity index (χ2n) is 3.72. The fraction of sp³-hybridized carbons (Fsp3) is 0.0714. The highest BCUT2D eigenvalue weighted by Gasteiger charge is 2.07. The number of methoxy groups -OCH3 is 1. The van der Waals surface area contributed by atoms with Gasteiger partial charge in [-0.1, -0.05) is 12.6 Å². The van der Waals surface area contributed by atoms with Crippen LogP contribution in [-0.4, -0.2) is 23.0 Å². The van der Waals surface area contributed by atoms with Crippen molar-refractivity contribution in [2.75, 3.05) is 12.4 Å². The van der Waals surface area contributed by atoms with E-state index in [0.29, 0.717) is 23.1 Å². The number of carbonyl (C=O) groups excluding carboxylic acids is 1. The van der Waals surface area contributed by atoms with Crippen LogP contribution in [0, 0.1) is 0 Å². The third kappa shape index (κ3) is 3.32. The van der Waals surface area contributed by atoms with Gasteiger partial charge in [-0.25, -0.2) is 4.98 Å². The van der Waals surface area contributed by atoms with Crippen LogP contribution in [0.3, 0.4) is 0 Å². The Bertz CT molecular complexity index is 629. The zero-order valence-electron chi connectivity index (χ0n) is 10.9. The third-order valence-corrected chi connectivity index (χ3v) is 2.37. The average molecular weight is 271 g/mol. The molecule has 1 N–H and O–H groups in total. The average Bonchev–Trinajstić information content (AvgIpc) is 2.48. The van der Waals surface area contributed by atoms with Crippen LogP contribution in [0.2, 0.25) is 0 Å². The van der Waals surface area contributed by atoms with Gasteiger partial charge in [0.2, 0.25) is 5.91 Å². The highest BCUT2D eigenvalue weighted by molar-refractivity contribution is 5.98. The Labute approximate surface area is 116 Å². The first-order valence-corrected chi connectivity index (χ1v) is 5.78. The van der Waals surface area contributed by atoms with E-state index >= 15 is 0 Å². The van der Waals surface area contributed by atoms with E-state index in [2.05, 4.69) is 21.9 Å². The molecular formula is C14H13N3O3. The fourth-order valence-electron chi connectivity index (χ4n) is 1.46. The van der Waals surface area contributed by atoms with Gasteiger partial charge in [-0.3, -0.25) is 4.79 Å². The molecule has 2 rings (SSSR count). The van der Waals surface area contributed by atoms with E-state index in [9.17, 15) is 4.79 Å². The van der Waals surface area contributed by atoms with Gasteiger partial charge >= 0.3 is 0 Å². The second kappa shape index (κ2) is 6.33. The predicted molar refractivity (Wildman–Crippen MR) is 73.9 cm³/mol. The van der Waals surface area contributed by atoms with Gasteiger partial charge in [0, 0.05) is 11.8 Å². The van der Waals surface area contributed by atoms with Crippen LogP contribution < -0.4 is 14.8 Å². The molecule has 1 amide bonds. The van der Waals surface area contributed by atoms with E-state index < -0.39 is 0 Å². The summed E-state index contributed by atoms with van der Waals surface area (Å²) in [5.41, 5.74) is 0.598. The van der Waals surface area contributed by atoms with Gasteiger partial charge < -0.3 is 14.8 Å². The van der Waals surface area contributed by atoms with Gasteiger partial charge in [0.05, 0.1) is 13.3 Å². The number of hydrogen-bond donors (Lipinski definition) is 1. The van der Waals surface area contributed by atoms with E-state index in [1.807, 2.05) is 0 Å². The summed E-state index contributed by atoms with van der Waals surface area (Å²) in [6, 6.07) is 6.90. The highest BCUT2D eigenvalue weighted by Crippen LogP contribution is 2.28. The Morgan fingerprint density at radius 1 is 1.45 bits per heavy atom. The fourth-order valence-corrected chi connectivity index (χ4v) is 1.46. The molecule has 0 unspecified atom stereocenters. The number of nitrogens with zero attached hydrogens (tertiary/aromatic N) is 2. The van der Waals surface area contributed by atoms with E-state index in [4.69, 9.17) is 9.47 Å². The largest absolute Gasteiger partial charge is 0.490 e. The maximum Gasteiger partial charge on any atom is 0.265 e. The summed E-state index contributed by atoms with van der Waals surface area (Å²) in [5, 5.41) is 2.65. The maximum atomic E-state index is 11.2. The molecule has 0 aliphatic heterocycles. The number of ether oxygens (including phenoxy) is 2. The molecule has 1 aromatic heterocycles. The Kier molecular flexibility index (Phi) is 4.28. The van der Waals surface area contributed by atoms with E-state index in [1.165, 1.54) is 25.7 Å². The first-order chi connectivity index (χ1) is 9.72. The van der Waals surface area contributed by atoms with Crippen molar-refractivity contribution in [1.29, 1.82) is 0 Å². The Morgan fingerprint density at radius 3 is 3.05 bits per heavy atom. The van der Waals surface area contributed by atoms with Crippen molar-refractivity contribution in [2.45, 2.75) is 0 Å². The normalized spacial score (nSPS) is 9.65. The van der Waals surface area contributed by atoms with E-state index in [0.717, 1.165) is 0 Å². The number of benzene rings is 1. The number of carbonyl (C=O) groups is 1. The van der Waals surface area contributed by atoms with Crippen molar-refractivity contribution in [3.05, 3.63) is 49.4 Å². The lowest BCUT2D eigenvalue weighted by atomic mass is 10.3. The number of nitrogens with one attached hydrogen (secondary N) is 1. The van der Waals surface area contributed by atoms with Crippen LogP contribution in [0.25, 0.3) is 0 Å². The Morgan fingerprint density at radius 2 is 2.30 bits per heavy atom. The molecule has 6 nitrogen and oxygen atoms in total. The van der Waals surface area contributed by atoms with Crippen molar-refractivity contribution in [3.8, 4) is 17.4 Å². The van der Waals surface area contributed by atoms with Gasteiger partial charge in [0.1, 0.15) is 12.1 Å². The van der Waals surface area contributed by atoms with E-state index in [-0.39, 0.29) is 5.91 Å². The summed E-state index contributed by atoms with van der Waals surface area (Å²) < 4.78 is 10.7. The molecule has 2 aromatic rings. The Balaban J connectivity index is 2.19. The summed E-state index contributed by atoms with van der Waals surface area (Å²) in [7, 11) is 1.51. The molecule has 0 bridgehead atoms. The highest BCUT2D eigenvalue weighted by atomic mass is 16.5. The first kappa shape index (κ1) is 13.5. The van der Waals surface area contributed by atoms with Gasteiger partial charge in [-0.15, -0.1) is 0 Å². The van der Waals surface area contributed by atoms with Crippen LogP contribution in [0.5, 0.6) is 17.4 Å². The van der Waals surface area contributed by atoms with Crippen LogP contribution in [0.15, 0.2) is 49.4 Å². The minimum Gasteiger partial charge on any atom is -0.490 e. The maximum absolute atomic E-state index is 11.2. The van der Waals surface area contributed by atoms with Gasteiger partial charge in [-0.2, -0.15) is 4.98 Å². The van der Waals surface area contributed by atoms with Crippen LogP contribution in [-0.2, 0) is 4.79 Å².